The van der Waals surface area contributed by atoms with Crippen molar-refractivity contribution in [1.29, 1.82) is 0 Å². The molecule has 9 heteroatoms. The van der Waals surface area contributed by atoms with Crippen molar-refractivity contribution in [2.75, 3.05) is 57.7 Å². The fourth-order valence-corrected chi connectivity index (χ4v) is 3.95. The molecule has 2 aromatic rings. The number of morpholine rings is 1. The number of nitrogens with one attached hydrogen (secondary N) is 1. The SMILES string of the molecule is COc1ccc(NC(=O)c2cc(S(=O)(=O)N(C)C)ccc2N2CCOCC2)cc1. The molecule has 2 aromatic carbocycles. The minimum absolute atomic E-state index is 0.0689. The molecule has 0 bridgehead atoms. The van der Waals surface area contributed by atoms with E-state index in [0.717, 1.165) is 4.31 Å². The monoisotopic (exact) mass is 419 g/mol. The summed E-state index contributed by atoms with van der Waals surface area (Å²) in [6.07, 6.45) is 0. The molecule has 8 nitrogen and oxygen atoms in total. The summed E-state index contributed by atoms with van der Waals surface area (Å²) >= 11 is 0. The van der Waals surface area contributed by atoms with Crippen LogP contribution in [0.1, 0.15) is 10.4 Å². The lowest BCUT2D eigenvalue weighted by Crippen LogP contribution is -2.37. The Labute approximate surface area is 171 Å². The van der Waals surface area contributed by atoms with Crippen molar-refractivity contribution in [2.45, 2.75) is 4.90 Å². The molecular weight excluding hydrogens is 394 g/mol. The van der Waals surface area contributed by atoms with Crippen LogP contribution in [-0.4, -0.2) is 66.1 Å². The Hall–Kier alpha value is -2.62. The number of nitrogens with zero attached hydrogens (tertiary/aromatic N) is 2. The molecule has 156 valence electrons. The van der Waals surface area contributed by atoms with E-state index in [1.54, 1.807) is 37.4 Å². The molecule has 0 radical (unpaired) electrons. The molecule has 1 aliphatic rings. The number of ether oxygens (including phenoxy) is 2. The second-order valence-electron chi connectivity index (χ2n) is 6.75. The largest absolute Gasteiger partial charge is 0.497 e. The van der Waals surface area contributed by atoms with E-state index < -0.39 is 10.0 Å². The van der Waals surface area contributed by atoms with Crippen molar-refractivity contribution in [2.24, 2.45) is 0 Å². The molecule has 29 heavy (non-hydrogen) atoms. The van der Waals surface area contributed by atoms with E-state index in [1.165, 1.54) is 26.2 Å². The number of hydrogen-bond donors (Lipinski definition) is 1. The van der Waals surface area contributed by atoms with Crippen LogP contribution in [0.25, 0.3) is 0 Å². The van der Waals surface area contributed by atoms with Gasteiger partial charge in [0.15, 0.2) is 0 Å². The Morgan fingerprint density at radius 2 is 1.76 bits per heavy atom. The van der Waals surface area contributed by atoms with E-state index in [4.69, 9.17) is 9.47 Å². The Balaban J connectivity index is 1.98. The second-order valence-corrected chi connectivity index (χ2v) is 8.90. The zero-order valence-electron chi connectivity index (χ0n) is 16.7. The van der Waals surface area contributed by atoms with Crippen LogP contribution in [0.15, 0.2) is 47.4 Å². The number of sulfonamides is 1. The van der Waals surface area contributed by atoms with Crippen molar-refractivity contribution < 1.29 is 22.7 Å². The Morgan fingerprint density at radius 1 is 1.10 bits per heavy atom. The standard InChI is InChI=1S/C20H25N3O5S/c1-22(2)29(25,26)17-8-9-19(23-10-12-28-13-11-23)18(14-17)20(24)21-15-4-6-16(27-3)7-5-15/h4-9,14H,10-13H2,1-3H3,(H,21,24). The molecule has 1 amide bonds. The number of benzene rings is 2. The summed E-state index contributed by atoms with van der Waals surface area (Å²) in [7, 11) is 0.821. The molecule has 0 unspecified atom stereocenters. The normalized spacial score (nSPS) is 14.7. The van der Waals surface area contributed by atoms with Crippen LogP contribution >= 0.6 is 0 Å². The van der Waals surface area contributed by atoms with Crippen molar-refractivity contribution in [1.82, 2.24) is 4.31 Å². The van der Waals surface area contributed by atoms with Crippen LogP contribution in [0.3, 0.4) is 0 Å². The fraction of sp³-hybridized carbons (Fsp3) is 0.350. The van der Waals surface area contributed by atoms with Crippen molar-refractivity contribution in [3.63, 3.8) is 0 Å². The van der Waals surface area contributed by atoms with Gasteiger partial charge in [0.2, 0.25) is 10.0 Å². The molecule has 1 fully saturated rings. The molecule has 0 atom stereocenters. The first-order chi connectivity index (χ1) is 13.8. The van der Waals surface area contributed by atoms with Crippen LogP contribution < -0.4 is 15.0 Å². The number of anilines is 2. The first kappa shape index (κ1) is 21.1. The smallest absolute Gasteiger partial charge is 0.257 e. The summed E-state index contributed by atoms with van der Waals surface area (Å²) in [5.74, 6) is 0.295. The van der Waals surface area contributed by atoms with Crippen molar-refractivity contribution >= 4 is 27.3 Å². The van der Waals surface area contributed by atoms with Gasteiger partial charge in [-0.2, -0.15) is 0 Å². The highest BCUT2D eigenvalue weighted by Gasteiger charge is 2.24. The minimum atomic E-state index is -3.67. The number of carbonyl (C=O) groups is 1. The van der Waals surface area contributed by atoms with E-state index in [0.29, 0.717) is 49.0 Å². The molecule has 1 heterocycles. The average molecular weight is 420 g/mol. The number of rotatable bonds is 6. The molecule has 0 aromatic heterocycles. The minimum Gasteiger partial charge on any atom is -0.497 e. The van der Waals surface area contributed by atoms with Crippen molar-refractivity contribution in [3.8, 4) is 5.75 Å². The van der Waals surface area contributed by atoms with Gasteiger partial charge in [0.25, 0.3) is 5.91 Å². The molecule has 1 aliphatic heterocycles. The van der Waals surface area contributed by atoms with Gasteiger partial charge in [-0.05, 0) is 42.5 Å². The maximum Gasteiger partial charge on any atom is 0.257 e. The average Bonchev–Trinajstić information content (AvgIpc) is 2.74. The summed E-state index contributed by atoms with van der Waals surface area (Å²) < 4.78 is 36.8. The highest BCUT2D eigenvalue weighted by atomic mass is 32.2. The second kappa shape index (κ2) is 8.81. The predicted octanol–water partition coefficient (Wildman–Crippen LogP) is 2.03. The zero-order valence-corrected chi connectivity index (χ0v) is 17.5. The maximum absolute atomic E-state index is 13.1. The predicted molar refractivity (Wildman–Crippen MR) is 111 cm³/mol. The van der Waals surface area contributed by atoms with E-state index >= 15 is 0 Å². The zero-order chi connectivity index (χ0) is 21.0. The van der Waals surface area contributed by atoms with E-state index in [-0.39, 0.29) is 10.8 Å². The highest BCUT2D eigenvalue weighted by Crippen LogP contribution is 2.27. The molecular formula is C20H25N3O5S. The lowest BCUT2D eigenvalue weighted by atomic mass is 10.1. The third kappa shape index (κ3) is 4.69. The van der Waals surface area contributed by atoms with Gasteiger partial charge in [-0.15, -0.1) is 0 Å². The number of methoxy groups -OCH3 is 1. The van der Waals surface area contributed by atoms with Gasteiger partial charge in [-0.1, -0.05) is 0 Å². The lowest BCUT2D eigenvalue weighted by molar-refractivity contribution is 0.102. The van der Waals surface area contributed by atoms with E-state index in [2.05, 4.69) is 5.32 Å². The van der Waals surface area contributed by atoms with Crippen LogP contribution in [0, 0.1) is 0 Å². The third-order valence-electron chi connectivity index (χ3n) is 4.69. The van der Waals surface area contributed by atoms with Crippen LogP contribution in [0.5, 0.6) is 5.75 Å². The molecule has 0 spiro atoms. The topological polar surface area (TPSA) is 88.2 Å². The number of carbonyl (C=O) groups excluding carboxylic acids is 1. The molecule has 0 aliphatic carbocycles. The van der Waals surface area contributed by atoms with Crippen LogP contribution in [0.2, 0.25) is 0 Å². The van der Waals surface area contributed by atoms with Gasteiger partial charge in [-0.25, -0.2) is 12.7 Å². The lowest BCUT2D eigenvalue weighted by Gasteiger charge is -2.30. The van der Waals surface area contributed by atoms with Gasteiger partial charge < -0.3 is 19.7 Å². The Morgan fingerprint density at radius 3 is 2.34 bits per heavy atom. The summed E-state index contributed by atoms with van der Waals surface area (Å²) in [5, 5.41) is 2.84. The first-order valence-corrected chi connectivity index (χ1v) is 10.6. The van der Waals surface area contributed by atoms with Gasteiger partial charge in [0.1, 0.15) is 5.75 Å². The summed E-state index contributed by atoms with van der Waals surface area (Å²) in [4.78, 5) is 15.2. The summed E-state index contributed by atoms with van der Waals surface area (Å²) in [5.41, 5.74) is 1.56. The summed E-state index contributed by atoms with van der Waals surface area (Å²) in [6, 6.07) is 11.6. The molecule has 1 N–H and O–H groups in total. The molecule has 1 saturated heterocycles. The van der Waals surface area contributed by atoms with Gasteiger partial charge >= 0.3 is 0 Å². The van der Waals surface area contributed by atoms with E-state index in [9.17, 15) is 13.2 Å². The number of amides is 1. The quantitative estimate of drug-likeness (QED) is 0.771. The number of hydrogen-bond acceptors (Lipinski definition) is 6. The van der Waals surface area contributed by atoms with Gasteiger partial charge in [-0.3, -0.25) is 4.79 Å². The molecule has 3 rings (SSSR count). The Kier molecular flexibility index (Phi) is 6.41. The van der Waals surface area contributed by atoms with Crippen LogP contribution in [-0.2, 0) is 14.8 Å². The Bertz CT molecular complexity index is 968. The van der Waals surface area contributed by atoms with Gasteiger partial charge in [0, 0.05) is 38.6 Å². The maximum atomic E-state index is 13.1. The van der Waals surface area contributed by atoms with Crippen LogP contribution in [0.4, 0.5) is 11.4 Å². The third-order valence-corrected chi connectivity index (χ3v) is 6.50. The van der Waals surface area contributed by atoms with E-state index in [1.807, 2.05) is 4.90 Å². The van der Waals surface area contributed by atoms with Gasteiger partial charge in [0.05, 0.1) is 30.8 Å². The van der Waals surface area contributed by atoms with Crippen molar-refractivity contribution in [3.05, 3.63) is 48.0 Å². The highest BCUT2D eigenvalue weighted by molar-refractivity contribution is 7.89. The first-order valence-electron chi connectivity index (χ1n) is 9.17. The summed E-state index contributed by atoms with van der Waals surface area (Å²) in [6.45, 7) is 2.36. The fourth-order valence-electron chi connectivity index (χ4n) is 3.02. The molecule has 0 saturated carbocycles.